The largest absolute Gasteiger partial charge is 0.496 e. The Labute approximate surface area is 217 Å². The first-order valence-corrected chi connectivity index (χ1v) is 12.6. The molecule has 0 radical (unpaired) electrons. The van der Waals surface area contributed by atoms with Gasteiger partial charge in [-0.1, -0.05) is 30.3 Å². The third-order valence-corrected chi connectivity index (χ3v) is 6.29. The van der Waals surface area contributed by atoms with Crippen molar-refractivity contribution in [3.8, 4) is 17.0 Å². The Morgan fingerprint density at radius 2 is 1.84 bits per heavy atom. The summed E-state index contributed by atoms with van der Waals surface area (Å²) in [4.78, 5) is 24.8. The number of alkyl carbamates (subject to hydrolysis) is 1. The van der Waals surface area contributed by atoms with Gasteiger partial charge in [-0.25, -0.2) is 9.59 Å². The molecule has 196 valence electrons. The first-order valence-electron chi connectivity index (χ1n) is 12.6. The monoisotopic (exact) mass is 505 g/mol. The fourth-order valence-corrected chi connectivity index (χ4v) is 4.67. The highest BCUT2D eigenvalue weighted by Gasteiger charge is 2.30. The Balaban J connectivity index is 1.61. The number of rotatable bonds is 8. The van der Waals surface area contributed by atoms with Gasteiger partial charge in [0, 0.05) is 30.6 Å². The summed E-state index contributed by atoms with van der Waals surface area (Å²) in [5.74, 6) is 0.446. The van der Waals surface area contributed by atoms with E-state index in [0.29, 0.717) is 31.6 Å². The third kappa shape index (κ3) is 6.13. The number of nitrogens with zero attached hydrogens (tertiary/aromatic N) is 2. The molecule has 1 amide bonds. The van der Waals surface area contributed by atoms with Gasteiger partial charge in [0.15, 0.2) is 0 Å². The first kappa shape index (κ1) is 26.3. The molecule has 0 bridgehead atoms. The lowest BCUT2D eigenvalue weighted by Gasteiger charge is -2.19. The smallest absolute Gasteiger partial charge is 0.407 e. The molecule has 8 heteroatoms. The van der Waals surface area contributed by atoms with Gasteiger partial charge >= 0.3 is 12.1 Å². The average Bonchev–Trinajstić information content (AvgIpc) is 3.24. The SMILES string of the molecule is COC(=O)c1c2c(nn1CCCNC(=O)OC(C)(C)C)-c1cc(Cc3ccccc3)c(OC)cc1CC2. The number of carbonyl (C=O) groups excluding carboxylic acids is 2. The molecule has 0 saturated carbocycles. The zero-order valence-corrected chi connectivity index (χ0v) is 22.2. The quantitative estimate of drug-likeness (QED) is 0.344. The lowest BCUT2D eigenvalue weighted by atomic mass is 9.86. The number of hydrogen-bond donors (Lipinski definition) is 1. The summed E-state index contributed by atoms with van der Waals surface area (Å²) in [6, 6.07) is 14.5. The van der Waals surface area contributed by atoms with Gasteiger partial charge in [0.1, 0.15) is 17.0 Å². The second kappa shape index (κ2) is 11.1. The molecular formula is C29H35N3O5. The van der Waals surface area contributed by atoms with Gasteiger partial charge in [-0.3, -0.25) is 4.68 Å². The predicted octanol–water partition coefficient (Wildman–Crippen LogP) is 4.95. The molecule has 1 N–H and O–H groups in total. The minimum absolute atomic E-state index is 0.398. The predicted molar refractivity (Wildman–Crippen MR) is 141 cm³/mol. The van der Waals surface area contributed by atoms with Gasteiger partial charge in [-0.15, -0.1) is 0 Å². The number of fused-ring (bicyclic) bond motifs is 3. The maximum Gasteiger partial charge on any atom is 0.407 e. The van der Waals surface area contributed by atoms with Gasteiger partial charge < -0.3 is 19.5 Å². The summed E-state index contributed by atoms with van der Waals surface area (Å²) in [5.41, 5.74) is 6.04. The van der Waals surface area contributed by atoms with Crippen molar-refractivity contribution in [2.45, 2.75) is 58.6 Å². The van der Waals surface area contributed by atoms with Crippen molar-refractivity contribution in [3.63, 3.8) is 0 Å². The molecule has 0 atom stereocenters. The van der Waals surface area contributed by atoms with Crippen LogP contribution in [0.3, 0.4) is 0 Å². The summed E-state index contributed by atoms with van der Waals surface area (Å²) in [6.45, 7) is 6.32. The van der Waals surface area contributed by atoms with Crippen LogP contribution in [-0.4, -0.2) is 48.2 Å². The number of benzene rings is 2. The molecule has 4 rings (SSSR count). The van der Waals surface area contributed by atoms with Crippen molar-refractivity contribution < 1.29 is 23.8 Å². The molecule has 1 heterocycles. The van der Waals surface area contributed by atoms with Crippen LogP contribution in [0.15, 0.2) is 42.5 Å². The maximum absolute atomic E-state index is 12.8. The van der Waals surface area contributed by atoms with Crippen molar-refractivity contribution in [2.75, 3.05) is 20.8 Å². The van der Waals surface area contributed by atoms with Crippen LogP contribution >= 0.6 is 0 Å². The lowest BCUT2D eigenvalue weighted by Crippen LogP contribution is -2.33. The molecule has 1 aliphatic rings. The molecule has 3 aromatic rings. The summed E-state index contributed by atoms with van der Waals surface area (Å²) < 4.78 is 17.8. The van der Waals surface area contributed by atoms with Crippen LogP contribution in [0.4, 0.5) is 4.79 Å². The minimum Gasteiger partial charge on any atom is -0.496 e. The van der Waals surface area contributed by atoms with Crippen LogP contribution in [0, 0.1) is 0 Å². The zero-order chi connectivity index (χ0) is 26.6. The average molecular weight is 506 g/mol. The van der Waals surface area contributed by atoms with Crippen LogP contribution in [0.25, 0.3) is 11.3 Å². The van der Waals surface area contributed by atoms with Gasteiger partial charge in [-0.2, -0.15) is 5.10 Å². The van der Waals surface area contributed by atoms with Crippen molar-refractivity contribution >= 4 is 12.1 Å². The molecule has 0 saturated heterocycles. The summed E-state index contributed by atoms with van der Waals surface area (Å²) in [5, 5.41) is 7.63. The second-order valence-corrected chi connectivity index (χ2v) is 10.2. The number of aryl methyl sites for hydroxylation is 2. The van der Waals surface area contributed by atoms with Crippen LogP contribution in [0.1, 0.15) is 59.9 Å². The number of aromatic nitrogens is 2. The standard InChI is InChI=1S/C29H35N3O5/c1-29(2,3)37-28(34)30-14-9-15-32-26(27(33)36-5)22-13-12-20-18-24(35-4)21(17-23(20)25(22)31-32)16-19-10-7-6-8-11-19/h6-8,10-11,17-18H,9,12-16H2,1-5H3,(H,30,34). The van der Waals surface area contributed by atoms with Crippen LogP contribution < -0.4 is 10.1 Å². The molecule has 0 aliphatic heterocycles. The fraction of sp³-hybridized carbons (Fsp3) is 0.414. The van der Waals surface area contributed by atoms with Crippen LogP contribution in [-0.2, 0) is 35.3 Å². The second-order valence-electron chi connectivity index (χ2n) is 10.2. The Kier molecular flexibility index (Phi) is 7.86. The van der Waals surface area contributed by atoms with E-state index in [9.17, 15) is 9.59 Å². The summed E-state index contributed by atoms with van der Waals surface area (Å²) in [7, 11) is 3.08. The topological polar surface area (TPSA) is 91.7 Å². The highest BCUT2D eigenvalue weighted by atomic mass is 16.6. The molecule has 1 aromatic heterocycles. The van der Waals surface area contributed by atoms with Gasteiger partial charge in [0.2, 0.25) is 0 Å². The van der Waals surface area contributed by atoms with Crippen molar-refractivity contribution in [1.29, 1.82) is 0 Å². The summed E-state index contributed by atoms with van der Waals surface area (Å²) >= 11 is 0. The van der Waals surface area contributed by atoms with E-state index in [0.717, 1.165) is 46.5 Å². The minimum atomic E-state index is -0.557. The number of ether oxygens (including phenoxy) is 3. The van der Waals surface area contributed by atoms with Crippen molar-refractivity contribution in [2.24, 2.45) is 0 Å². The van der Waals surface area contributed by atoms with E-state index >= 15 is 0 Å². The Morgan fingerprint density at radius 3 is 2.51 bits per heavy atom. The van der Waals surface area contributed by atoms with E-state index in [1.54, 1.807) is 11.8 Å². The van der Waals surface area contributed by atoms with E-state index in [4.69, 9.17) is 19.3 Å². The van der Waals surface area contributed by atoms with E-state index in [-0.39, 0.29) is 0 Å². The van der Waals surface area contributed by atoms with E-state index in [2.05, 4.69) is 29.6 Å². The molecular weight excluding hydrogens is 470 g/mol. The molecule has 2 aromatic carbocycles. The molecule has 0 spiro atoms. The highest BCUT2D eigenvalue weighted by Crippen LogP contribution is 2.39. The lowest BCUT2D eigenvalue weighted by molar-refractivity contribution is 0.0522. The Hall–Kier alpha value is -3.81. The zero-order valence-electron chi connectivity index (χ0n) is 22.2. The third-order valence-electron chi connectivity index (χ3n) is 6.29. The summed E-state index contributed by atoms with van der Waals surface area (Å²) in [6.07, 6.45) is 2.31. The fourth-order valence-electron chi connectivity index (χ4n) is 4.67. The molecule has 37 heavy (non-hydrogen) atoms. The molecule has 0 unspecified atom stereocenters. The molecule has 8 nitrogen and oxygen atoms in total. The number of amides is 1. The number of nitrogens with one attached hydrogen (secondary N) is 1. The first-order chi connectivity index (χ1) is 17.7. The van der Waals surface area contributed by atoms with Crippen molar-refractivity contribution in [1.82, 2.24) is 15.1 Å². The van der Waals surface area contributed by atoms with E-state index < -0.39 is 17.7 Å². The number of esters is 1. The van der Waals surface area contributed by atoms with Gasteiger partial charge in [-0.05, 0) is 68.9 Å². The molecule has 0 fully saturated rings. The van der Waals surface area contributed by atoms with Crippen LogP contribution in [0.2, 0.25) is 0 Å². The van der Waals surface area contributed by atoms with Gasteiger partial charge in [0.25, 0.3) is 0 Å². The maximum atomic E-state index is 12.8. The van der Waals surface area contributed by atoms with Crippen LogP contribution in [0.5, 0.6) is 5.75 Å². The number of carbonyl (C=O) groups is 2. The highest BCUT2D eigenvalue weighted by molar-refractivity contribution is 5.92. The molecule has 1 aliphatic carbocycles. The van der Waals surface area contributed by atoms with Gasteiger partial charge in [0.05, 0.1) is 19.9 Å². The van der Waals surface area contributed by atoms with E-state index in [1.807, 2.05) is 39.0 Å². The Morgan fingerprint density at radius 1 is 1.08 bits per heavy atom. The Bertz CT molecular complexity index is 1270. The number of methoxy groups -OCH3 is 2. The van der Waals surface area contributed by atoms with E-state index in [1.165, 1.54) is 12.7 Å². The number of hydrogen-bond acceptors (Lipinski definition) is 6. The normalized spacial score (nSPS) is 12.4. The van der Waals surface area contributed by atoms with Crippen molar-refractivity contribution in [3.05, 3.63) is 70.4 Å².